The standard InChI is InChI=1S/C9H14N2O3/c12-6-8-2-1-7-5-10(9(13)14)3-4-11(7)8/h6-8H,1-5H2,(H,13,14)/t7-,8+/m0/s1. The van der Waals surface area contributed by atoms with Gasteiger partial charge in [-0.05, 0) is 12.8 Å². The Bertz CT molecular complexity index is 256. The van der Waals surface area contributed by atoms with Crippen LogP contribution in [0.4, 0.5) is 4.79 Å². The first kappa shape index (κ1) is 9.45. The molecule has 0 aromatic heterocycles. The molecule has 0 aliphatic carbocycles. The molecule has 2 fully saturated rings. The second-order valence-corrected chi connectivity index (χ2v) is 3.90. The van der Waals surface area contributed by atoms with Gasteiger partial charge in [0, 0.05) is 25.7 Å². The van der Waals surface area contributed by atoms with Gasteiger partial charge in [-0.1, -0.05) is 0 Å². The van der Waals surface area contributed by atoms with Gasteiger partial charge >= 0.3 is 6.09 Å². The van der Waals surface area contributed by atoms with Crippen molar-refractivity contribution in [3.63, 3.8) is 0 Å². The summed E-state index contributed by atoms with van der Waals surface area (Å²) in [6, 6.07) is 0.283. The summed E-state index contributed by atoms with van der Waals surface area (Å²) < 4.78 is 0. The van der Waals surface area contributed by atoms with Crippen molar-refractivity contribution in [1.29, 1.82) is 0 Å². The third kappa shape index (κ3) is 1.48. The quantitative estimate of drug-likeness (QED) is 0.603. The van der Waals surface area contributed by atoms with Crippen LogP contribution in [0.25, 0.3) is 0 Å². The van der Waals surface area contributed by atoms with Crippen LogP contribution in [0.2, 0.25) is 0 Å². The summed E-state index contributed by atoms with van der Waals surface area (Å²) in [5.41, 5.74) is 0. The molecule has 0 aromatic rings. The lowest BCUT2D eigenvalue weighted by Gasteiger charge is -2.37. The summed E-state index contributed by atoms with van der Waals surface area (Å²) in [5.74, 6) is 0. The molecular formula is C9H14N2O3. The third-order valence-corrected chi connectivity index (χ3v) is 3.18. The number of carboxylic acid groups (broad SMARTS) is 1. The zero-order valence-corrected chi connectivity index (χ0v) is 7.93. The van der Waals surface area contributed by atoms with Gasteiger partial charge < -0.3 is 14.8 Å². The third-order valence-electron chi connectivity index (χ3n) is 3.18. The van der Waals surface area contributed by atoms with Gasteiger partial charge in [-0.15, -0.1) is 0 Å². The Balaban J connectivity index is 2.00. The van der Waals surface area contributed by atoms with Gasteiger partial charge in [0.05, 0.1) is 6.04 Å². The monoisotopic (exact) mass is 198 g/mol. The Labute approximate surface area is 82.3 Å². The van der Waals surface area contributed by atoms with E-state index < -0.39 is 6.09 Å². The molecule has 2 aliphatic rings. The fourth-order valence-electron chi connectivity index (χ4n) is 2.41. The minimum atomic E-state index is -0.848. The van der Waals surface area contributed by atoms with Gasteiger partial charge in [0.1, 0.15) is 6.29 Å². The van der Waals surface area contributed by atoms with Crippen LogP contribution >= 0.6 is 0 Å². The highest BCUT2D eigenvalue weighted by atomic mass is 16.4. The fraction of sp³-hybridized carbons (Fsp3) is 0.778. The van der Waals surface area contributed by atoms with Gasteiger partial charge in [0.25, 0.3) is 0 Å². The summed E-state index contributed by atoms with van der Waals surface area (Å²) >= 11 is 0. The van der Waals surface area contributed by atoms with E-state index in [-0.39, 0.29) is 12.1 Å². The lowest BCUT2D eigenvalue weighted by Crippen LogP contribution is -2.54. The molecule has 14 heavy (non-hydrogen) atoms. The highest BCUT2D eigenvalue weighted by molar-refractivity contribution is 5.65. The summed E-state index contributed by atoms with van der Waals surface area (Å²) in [5, 5.41) is 8.82. The number of carbonyl (C=O) groups excluding carboxylic acids is 1. The predicted molar refractivity (Wildman–Crippen MR) is 49.2 cm³/mol. The minimum Gasteiger partial charge on any atom is -0.465 e. The molecule has 0 radical (unpaired) electrons. The highest BCUT2D eigenvalue weighted by Gasteiger charge is 2.38. The molecule has 1 amide bonds. The van der Waals surface area contributed by atoms with E-state index in [0.717, 1.165) is 19.1 Å². The van der Waals surface area contributed by atoms with Crippen molar-refractivity contribution in [2.75, 3.05) is 19.6 Å². The number of nitrogens with zero attached hydrogens (tertiary/aromatic N) is 2. The molecule has 0 aromatic carbocycles. The largest absolute Gasteiger partial charge is 0.465 e. The summed E-state index contributed by atoms with van der Waals surface area (Å²) in [7, 11) is 0. The van der Waals surface area contributed by atoms with Crippen molar-refractivity contribution in [2.24, 2.45) is 0 Å². The van der Waals surface area contributed by atoms with Crippen LogP contribution in [0.5, 0.6) is 0 Å². The number of amides is 1. The molecule has 5 heteroatoms. The topological polar surface area (TPSA) is 60.9 Å². The normalized spacial score (nSPS) is 32.7. The highest BCUT2D eigenvalue weighted by Crippen LogP contribution is 2.26. The van der Waals surface area contributed by atoms with Crippen LogP contribution in [0.15, 0.2) is 0 Å². The molecule has 1 N–H and O–H groups in total. The fourth-order valence-corrected chi connectivity index (χ4v) is 2.41. The second-order valence-electron chi connectivity index (χ2n) is 3.90. The van der Waals surface area contributed by atoms with Crippen molar-refractivity contribution in [1.82, 2.24) is 9.80 Å². The molecule has 0 unspecified atom stereocenters. The number of piperazine rings is 1. The van der Waals surface area contributed by atoms with Crippen LogP contribution in [0.1, 0.15) is 12.8 Å². The van der Waals surface area contributed by atoms with E-state index in [1.807, 2.05) is 0 Å². The van der Waals surface area contributed by atoms with Crippen LogP contribution in [-0.2, 0) is 4.79 Å². The predicted octanol–water partition coefficient (Wildman–Crippen LogP) is 0.0119. The first-order chi connectivity index (χ1) is 6.72. The van der Waals surface area contributed by atoms with Gasteiger partial charge in [-0.25, -0.2) is 4.79 Å². The van der Waals surface area contributed by atoms with Crippen molar-refractivity contribution in [3.8, 4) is 0 Å². The molecule has 78 valence electrons. The Kier molecular flexibility index (Phi) is 2.41. The lowest BCUT2D eigenvalue weighted by atomic mass is 10.2. The van der Waals surface area contributed by atoms with Gasteiger partial charge in [0.15, 0.2) is 0 Å². The SMILES string of the molecule is O=C[C@H]1CC[C@H]2CN(C(=O)O)CCN21. The first-order valence-corrected chi connectivity index (χ1v) is 4.91. The van der Waals surface area contributed by atoms with Crippen molar-refractivity contribution in [2.45, 2.75) is 24.9 Å². The maximum Gasteiger partial charge on any atom is 0.407 e. The Hall–Kier alpha value is -1.10. The van der Waals surface area contributed by atoms with E-state index in [9.17, 15) is 9.59 Å². The second kappa shape index (κ2) is 3.57. The molecule has 0 saturated carbocycles. The number of fused-ring (bicyclic) bond motifs is 1. The maximum absolute atomic E-state index is 10.7. The van der Waals surface area contributed by atoms with Crippen molar-refractivity contribution >= 4 is 12.4 Å². The van der Waals surface area contributed by atoms with E-state index in [2.05, 4.69) is 4.90 Å². The van der Waals surface area contributed by atoms with E-state index in [4.69, 9.17) is 5.11 Å². The number of hydrogen-bond acceptors (Lipinski definition) is 3. The number of hydrogen-bond donors (Lipinski definition) is 1. The van der Waals surface area contributed by atoms with Crippen LogP contribution in [-0.4, -0.2) is 59.0 Å². The van der Waals surface area contributed by atoms with E-state index in [0.29, 0.717) is 19.6 Å². The summed E-state index contributed by atoms with van der Waals surface area (Å²) in [6.07, 6.45) is 1.95. The van der Waals surface area contributed by atoms with E-state index in [1.54, 1.807) is 0 Å². The molecule has 2 rings (SSSR count). The maximum atomic E-state index is 10.7. The lowest BCUT2D eigenvalue weighted by molar-refractivity contribution is -0.112. The first-order valence-electron chi connectivity index (χ1n) is 4.91. The molecule has 2 atom stereocenters. The average molecular weight is 198 g/mol. The Morgan fingerprint density at radius 3 is 2.79 bits per heavy atom. The number of aldehydes is 1. The zero-order valence-electron chi connectivity index (χ0n) is 7.93. The smallest absolute Gasteiger partial charge is 0.407 e. The zero-order chi connectivity index (χ0) is 10.1. The molecule has 2 heterocycles. The molecule has 5 nitrogen and oxygen atoms in total. The molecule has 0 bridgehead atoms. The summed E-state index contributed by atoms with van der Waals surface area (Å²) in [4.78, 5) is 25.0. The molecule has 2 saturated heterocycles. The molecule has 0 spiro atoms. The van der Waals surface area contributed by atoms with E-state index in [1.165, 1.54) is 4.90 Å². The number of rotatable bonds is 1. The molecule has 2 aliphatic heterocycles. The Morgan fingerprint density at radius 2 is 2.14 bits per heavy atom. The number of carbonyl (C=O) groups is 2. The van der Waals surface area contributed by atoms with Gasteiger partial charge in [-0.3, -0.25) is 4.90 Å². The van der Waals surface area contributed by atoms with Crippen molar-refractivity contribution in [3.05, 3.63) is 0 Å². The Morgan fingerprint density at radius 1 is 1.36 bits per heavy atom. The van der Waals surface area contributed by atoms with Gasteiger partial charge in [0.2, 0.25) is 0 Å². The van der Waals surface area contributed by atoms with Crippen LogP contribution in [0.3, 0.4) is 0 Å². The van der Waals surface area contributed by atoms with Gasteiger partial charge in [-0.2, -0.15) is 0 Å². The minimum absolute atomic E-state index is 0.0240. The van der Waals surface area contributed by atoms with Crippen LogP contribution in [0, 0.1) is 0 Å². The average Bonchev–Trinajstić information content (AvgIpc) is 2.59. The molecular weight excluding hydrogens is 184 g/mol. The van der Waals surface area contributed by atoms with Crippen LogP contribution < -0.4 is 0 Å². The summed E-state index contributed by atoms with van der Waals surface area (Å²) in [6.45, 7) is 1.77. The van der Waals surface area contributed by atoms with Crippen molar-refractivity contribution < 1.29 is 14.7 Å². The van der Waals surface area contributed by atoms with E-state index >= 15 is 0 Å².